The van der Waals surface area contributed by atoms with Crippen LogP contribution in [0.25, 0.3) is 0 Å². The third-order valence-corrected chi connectivity index (χ3v) is 9.15. The van der Waals surface area contributed by atoms with Gasteiger partial charge in [0.1, 0.15) is 28.6 Å². The van der Waals surface area contributed by atoms with Crippen molar-refractivity contribution in [3.8, 4) is 17.2 Å². The average Bonchev–Trinajstić information content (AvgIpc) is 3.29. The molecule has 1 aliphatic carbocycles. The number of hydrogen-bond acceptors (Lipinski definition) is 9. The fourth-order valence-corrected chi connectivity index (χ4v) is 6.99. The van der Waals surface area contributed by atoms with Crippen molar-refractivity contribution in [3.05, 3.63) is 62.2 Å². The number of Topliss-reactive ketones (excluding diaryl/α,β-unsaturated/α-hetero) is 2. The summed E-state index contributed by atoms with van der Waals surface area (Å²) < 4.78 is 18.6. The number of nitrogens with zero attached hydrogens (tertiary/aromatic N) is 3. The highest BCUT2D eigenvalue weighted by molar-refractivity contribution is 6.35. The van der Waals surface area contributed by atoms with E-state index in [0.717, 1.165) is 18.3 Å². The van der Waals surface area contributed by atoms with E-state index in [9.17, 15) is 24.3 Å². The molecule has 4 aliphatic rings. The number of rotatable bonds is 5. The highest BCUT2D eigenvalue weighted by atomic mass is 35.5. The van der Waals surface area contributed by atoms with E-state index >= 15 is 0 Å². The zero-order chi connectivity index (χ0) is 29.9. The Morgan fingerprint density at radius 1 is 1.19 bits per heavy atom. The van der Waals surface area contributed by atoms with Gasteiger partial charge in [0, 0.05) is 61.9 Å². The Kier molecular flexibility index (Phi) is 6.87. The molecule has 11 nitrogen and oxygen atoms in total. The van der Waals surface area contributed by atoms with Crippen LogP contribution in [-0.2, 0) is 16.1 Å². The summed E-state index contributed by atoms with van der Waals surface area (Å²) >= 11 is 6.47. The van der Waals surface area contributed by atoms with Crippen molar-refractivity contribution in [3.63, 3.8) is 0 Å². The number of hydrogen-bond donors (Lipinski definition) is 1. The molecule has 4 atom stereocenters. The van der Waals surface area contributed by atoms with Crippen molar-refractivity contribution >= 4 is 35.3 Å². The van der Waals surface area contributed by atoms with E-state index in [2.05, 4.69) is 4.99 Å². The number of ketones is 2. The fourth-order valence-electron chi connectivity index (χ4n) is 6.73. The first-order valence-corrected chi connectivity index (χ1v) is 14.1. The molecule has 220 valence electrons. The van der Waals surface area contributed by atoms with Crippen LogP contribution in [0.1, 0.15) is 41.7 Å². The van der Waals surface area contributed by atoms with Crippen molar-refractivity contribution in [1.29, 1.82) is 0 Å². The third kappa shape index (κ3) is 4.12. The molecular formula is C30H30ClN3O8. The lowest BCUT2D eigenvalue weighted by atomic mass is 9.73. The van der Waals surface area contributed by atoms with E-state index < -0.39 is 28.8 Å². The van der Waals surface area contributed by atoms with Crippen LogP contribution in [0.15, 0.2) is 45.4 Å². The molecule has 6 rings (SSSR count). The number of piperidine rings is 1. The number of fused-ring (bicyclic) bond motifs is 5. The molecule has 42 heavy (non-hydrogen) atoms. The molecule has 1 aromatic carbocycles. The molecule has 12 heteroatoms. The summed E-state index contributed by atoms with van der Waals surface area (Å²) in [6.07, 6.45) is 1.94. The van der Waals surface area contributed by atoms with E-state index in [-0.39, 0.29) is 69.7 Å². The van der Waals surface area contributed by atoms with Crippen molar-refractivity contribution in [2.75, 3.05) is 33.9 Å². The molecule has 3 aliphatic heterocycles. The second-order valence-electron chi connectivity index (χ2n) is 11.2. The standard InChI is InChI=1S/C30H30ClN3O8/c1-15-7-20(35)18(28(38)30(15)29(39)25-21(40-2)9-22(41-3)26(31)27(25)42-30)10-32-11-24(37)33-12-16-8-17(14-33)19-5-4-6-23(36)34(19)13-16/h4-6,9-10,15-17,38H,7-8,11-14H2,1-3H3/t15?,16-,17+,30?/m1/s1. The van der Waals surface area contributed by atoms with Gasteiger partial charge in [0.15, 0.2) is 17.3 Å². The Balaban J connectivity index is 1.25. The number of methoxy groups -OCH3 is 2. The Morgan fingerprint density at radius 3 is 2.69 bits per heavy atom. The van der Waals surface area contributed by atoms with E-state index in [4.69, 9.17) is 25.8 Å². The van der Waals surface area contributed by atoms with Gasteiger partial charge >= 0.3 is 0 Å². The summed E-state index contributed by atoms with van der Waals surface area (Å²) in [5.41, 5.74) is -1.18. The van der Waals surface area contributed by atoms with Crippen molar-refractivity contribution in [2.24, 2.45) is 16.8 Å². The molecule has 1 amide bonds. The van der Waals surface area contributed by atoms with Gasteiger partial charge in [0.2, 0.25) is 17.3 Å². The van der Waals surface area contributed by atoms with Crippen LogP contribution in [0.2, 0.25) is 5.02 Å². The predicted molar refractivity (Wildman–Crippen MR) is 152 cm³/mol. The lowest BCUT2D eigenvalue weighted by Gasteiger charge is -2.42. The lowest BCUT2D eigenvalue weighted by molar-refractivity contribution is -0.132. The average molecular weight is 596 g/mol. The molecule has 1 saturated heterocycles. The van der Waals surface area contributed by atoms with Gasteiger partial charge in [0.25, 0.3) is 5.56 Å². The zero-order valence-corrected chi connectivity index (χ0v) is 24.1. The monoisotopic (exact) mass is 595 g/mol. The molecule has 4 heterocycles. The minimum absolute atomic E-state index is 0.00318. The second-order valence-corrected chi connectivity index (χ2v) is 11.6. The first-order chi connectivity index (χ1) is 20.1. The number of aromatic nitrogens is 1. The number of aliphatic hydroxyl groups is 1. The maximum Gasteiger partial charge on any atom is 0.250 e. The number of carbonyl (C=O) groups is 3. The maximum atomic E-state index is 13.8. The quantitative estimate of drug-likeness (QED) is 0.521. The largest absolute Gasteiger partial charge is 0.507 e. The highest BCUT2D eigenvalue weighted by Gasteiger charge is 2.60. The van der Waals surface area contributed by atoms with Crippen LogP contribution < -0.4 is 19.8 Å². The summed E-state index contributed by atoms with van der Waals surface area (Å²) in [4.78, 5) is 58.2. The van der Waals surface area contributed by atoms with Crippen molar-refractivity contribution < 1.29 is 33.7 Å². The number of pyridine rings is 1. The van der Waals surface area contributed by atoms with Crippen LogP contribution in [0.5, 0.6) is 17.2 Å². The van der Waals surface area contributed by atoms with Crippen LogP contribution in [0.4, 0.5) is 0 Å². The molecule has 1 fully saturated rings. The molecule has 1 spiro atoms. The number of aliphatic hydroxyl groups excluding tert-OH is 1. The topological polar surface area (TPSA) is 137 Å². The van der Waals surface area contributed by atoms with Crippen LogP contribution in [0, 0.1) is 11.8 Å². The number of allylic oxidation sites excluding steroid dienone is 1. The molecule has 0 saturated carbocycles. The van der Waals surface area contributed by atoms with Crippen LogP contribution in [-0.4, -0.2) is 77.7 Å². The number of amides is 1. The smallest absolute Gasteiger partial charge is 0.250 e. The molecule has 2 aromatic rings. The molecular weight excluding hydrogens is 566 g/mol. The van der Waals surface area contributed by atoms with Gasteiger partial charge in [-0.15, -0.1) is 0 Å². The summed E-state index contributed by atoms with van der Waals surface area (Å²) in [5.74, 6) is -2.00. The van der Waals surface area contributed by atoms with Gasteiger partial charge in [0.05, 0.1) is 19.8 Å². The molecule has 2 bridgehead atoms. The van der Waals surface area contributed by atoms with Gasteiger partial charge < -0.3 is 28.8 Å². The SMILES string of the molecule is COc1cc(OC)c2c(c1Cl)OC1(C2=O)C(O)=C(C=NCC(=O)N2C[C@H]3C[C@@H](C2)c2cccc(=O)n2C3)C(=O)CC1C. The predicted octanol–water partition coefficient (Wildman–Crippen LogP) is 2.97. The maximum absolute atomic E-state index is 13.8. The van der Waals surface area contributed by atoms with Crippen molar-refractivity contribution in [1.82, 2.24) is 9.47 Å². The first kappa shape index (κ1) is 28.0. The fraction of sp³-hybridized carbons (Fsp3) is 0.433. The van der Waals surface area contributed by atoms with Gasteiger partial charge in [-0.2, -0.15) is 0 Å². The minimum Gasteiger partial charge on any atom is -0.507 e. The number of ether oxygens (including phenoxy) is 3. The van der Waals surface area contributed by atoms with Gasteiger partial charge in [-0.1, -0.05) is 24.6 Å². The van der Waals surface area contributed by atoms with Gasteiger partial charge in [-0.05, 0) is 18.4 Å². The molecule has 0 radical (unpaired) electrons. The minimum atomic E-state index is -1.92. The Morgan fingerprint density at radius 2 is 1.95 bits per heavy atom. The van der Waals surface area contributed by atoms with Gasteiger partial charge in [-0.3, -0.25) is 24.2 Å². The lowest BCUT2D eigenvalue weighted by Crippen LogP contribution is -2.52. The zero-order valence-electron chi connectivity index (χ0n) is 23.4. The van der Waals surface area contributed by atoms with E-state index in [1.807, 2.05) is 6.07 Å². The number of carbonyl (C=O) groups excluding carboxylic acids is 3. The van der Waals surface area contributed by atoms with Gasteiger partial charge in [-0.25, -0.2) is 0 Å². The van der Waals surface area contributed by atoms with Crippen LogP contribution >= 0.6 is 11.6 Å². The number of aliphatic imine (C=N–C) groups is 1. The van der Waals surface area contributed by atoms with Crippen LogP contribution in [0.3, 0.4) is 0 Å². The van der Waals surface area contributed by atoms with E-state index in [0.29, 0.717) is 19.6 Å². The third-order valence-electron chi connectivity index (χ3n) is 8.79. The number of likely N-dealkylation sites (tertiary alicyclic amines) is 1. The molecule has 2 unspecified atom stereocenters. The summed E-state index contributed by atoms with van der Waals surface area (Å²) in [5, 5.41) is 11.4. The Hall–Kier alpha value is -4.12. The normalized spacial score (nSPS) is 26.4. The Labute approximate surface area is 246 Å². The highest BCUT2D eigenvalue weighted by Crippen LogP contribution is 2.54. The first-order valence-electron chi connectivity index (χ1n) is 13.7. The molecule has 1 aromatic heterocycles. The van der Waals surface area contributed by atoms with E-state index in [1.54, 1.807) is 28.5 Å². The summed E-state index contributed by atoms with van der Waals surface area (Å²) in [7, 11) is 2.79. The summed E-state index contributed by atoms with van der Waals surface area (Å²) in [6, 6.07) is 6.68. The Bertz CT molecular complexity index is 1650. The second kappa shape index (κ2) is 10.3. The van der Waals surface area contributed by atoms with Crippen molar-refractivity contribution in [2.45, 2.75) is 37.8 Å². The number of benzene rings is 1. The molecule has 1 N–H and O–H groups in total. The van der Waals surface area contributed by atoms with E-state index in [1.165, 1.54) is 20.3 Å². The number of halogens is 1. The summed E-state index contributed by atoms with van der Waals surface area (Å²) in [6.45, 7) is 2.91.